The van der Waals surface area contributed by atoms with E-state index in [9.17, 15) is 4.79 Å². The van der Waals surface area contributed by atoms with E-state index in [1.165, 1.54) is 12.7 Å². The van der Waals surface area contributed by atoms with Crippen LogP contribution in [0.5, 0.6) is 5.75 Å². The van der Waals surface area contributed by atoms with Gasteiger partial charge in [0, 0.05) is 0 Å². The van der Waals surface area contributed by atoms with Gasteiger partial charge in [-0.05, 0) is 42.8 Å². The Morgan fingerprint density at radius 1 is 1.00 bits per heavy atom. The fraction of sp³-hybridized carbons (Fsp3) is 0.158. The molecule has 0 heterocycles. The molecule has 23 heavy (non-hydrogen) atoms. The van der Waals surface area contributed by atoms with E-state index in [0.717, 1.165) is 11.3 Å². The van der Waals surface area contributed by atoms with Crippen LogP contribution in [-0.4, -0.2) is 25.9 Å². The van der Waals surface area contributed by atoms with Gasteiger partial charge >= 0.3 is 5.97 Å². The minimum absolute atomic E-state index is 0.234. The maximum Gasteiger partial charge on any atom is 0.356 e. The van der Waals surface area contributed by atoms with Crippen molar-refractivity contribution in [3.05, 3.63) is 65.7 Å². The van der Waals surface area contributed by atoms with Gasteiger partial charge in [0.05, 0.1) is 19.9 Å². The number of methoxy groups -OCH3 is 2. The number of carbonyl (C=O) groups excluding carboxylic acids is 1. The van der Waals surface area contributed by atoms with Gasteiger partial charge in [-0.15, -0.1) is 0 Å². The van der Waals surface area contributed by atoms with Gasteiger partial charge in [-0.2, -0.15) is 0 Å². The molecular formula is C19H19NO3. The molecule has 0 aliphatic heterocycles. The summed E-state index contributed by atoms with van der Waals surface area (Å²) in [4.78, 5) is 16.2. The molecule has 118 valence electrons. The van der Waals surface area contributed by atoms with E-state index >= 15 is 0 Å². The molecule has 2 aromatic carbocycles. The number of rotatable bonds is 5. The molecule has 0 radical (unpaired) electrons. The first kappa shape index (κ1) is 16.5. The van der Waals surface area contributed by atoms with Crippen LogP contribution in [0.15, 0.2) is 59.6 Å². The average Bonchev–Trinajstić information content (AvgIpc) is 2.59. The number of hydrogen-bond acceptors (Lipinski definition) is 4. The Kier molecular flexibility index (Phi) is 5.69. The van der Waals surface area contributed by atoms with Crippen molar-refractivity contribution in [2.45, 2.75) is 6.92 Å². The molecule has 0 aliphatic carbocycles. The molecule has 0 fully saturated rings. The maximum atomic E-state index is 11.9. The summed E-state index contributed by atoms with van der Waals surface area (Å²) in [6.45, 7) is 2.03. The topological polar surface area (TPSA) is 47.9 Å². The van der Waals surface area contributed by atoms with Crippen LogP contribution in [0.3, 0.4) is 0 Å². The Morgan fingerprint density at radius 2 is 1.65 bits per heavy atom. The molecular weight excluding hydrogens is 290 g/mol. The van der Waals surface area contributed by atoms with Crippen molar-refractivity contribution in [1.29, 1.82) is 0 Å². The molecule has 0 atom stereocenters. The summed E-state index contributed by atoms with van der Waals surface area (Å²) in [5, 5.41) is 0. The van der Waals surface area contributed by atoms with Crippen molar-refractivity contribution in [2.24, 2.45) is 4.99 Å². The number of aryl methyl sites for hydroxylation is 1. The second-order valence-corrected chi connectivity index (χ2v) is 4.93. The molecule has 0 saturated carbocycles. The minimum Gasteiger partial charge on any atom is -0.497 e. The van der Waals surface area contributed by atoms with E-state index in [4.69, 9.17) is 9.47 Å². The molecule has 0 aliphatic rings. The molecule has 0 spiro atoms. The van der Waals surface area contributed by atoms with Gasteiger partial charge in [0.2, 0.25) is 0 Å². The Labute approximate surface area is 136 Å². The zero-order chi connectivity index (χ0) is 16.7. The van der Waals surface area contributed by atoms with Gasteiger partial charge in [0.1, 0.15) is 11.5 Å². The number of esters is 1. The molecule has 0 N–H and O–H groups in total. The highest BCUT2D eigenvalue weighted by Gasteiger charge is 2.08. The minimum atomic E-state index is -0.482. The quantitative estimate of drug-likeness (QED) is 0.620. The number of aliphatic imine (C=N–C) groups is 1. The molecule has 0 saturated heterocycles. The summed E-state index contributed by atoms with van der Waals surface area (Å²) in [7, 11) is 2.94. The Bertz CT molecular complexity index is 713. The largest absolute Gasteiger partial charge is 0.497 e. The summed E-state index contributed by atoms with van der Waals surface area (Å²) >= 11 is 0. The van der Waals surface area contributed by atoms with Crippen LogP contribution >= 0.6 is 0 Å². The smallest absolute Gasteiger partial charge is 0.356 e. The van der Waals surface area contributed by atoms with Crippen molar-refractivity contribution in [2.75, 3.05) is 14.2 Å². The van der Waals surface area contributed by atoms with E-state index in [2.05, 4.69) is 4.99 Å². The zero-order valence-electron chi connectivity index (χ0n) is 13.4. The lowest BCUT2D eigenvalue weighted by atomic mass is 10.1. The fourth-order valence-electron chi connectivity index (χ4n) is 1.90. The van der Waals surface area contributed by atoms with E-state index in [1.54, 1.807) is 37.5 Å². The first-order valence-corrected chi connectivity index (χ1v) is 7.18. The van der Waals surface area contributed by atoms with Gasteiger partial charge in [-0.1, -0.05) is 35.9 Å². The van der Waals surface area contributed by atoms with Gasteiger partial charge in [-0.25, -0.2) is 9.79 Å². The van der Waals surface area contributed by atoms with Gasteiger partial charge in [-0.3, -0.25) is 0 Å². The van der Waals surface area contributed by atoms with Crippen LogP contribution in [-0.2, 0) is 9.53 Å². The highest BCUT2D eigenvalue weighted by molar-refractivity contribution is 6.42. The average molecular weight is 309 g/mol. The van der Waals surface area contributed by atoms with E-state index < -0.39 is 5.97 Å². The molecule has 0 bridgehead atoms. The van der Waals surface area contributed by atoms with Crippen LogP contribution < -0.4 is 4.74 Å². The number of nitrogens with zero attached hydrogens (tertiary/aromatic N) is 1. The van der Waals surface area contributed by atoms with E-state index in [0.29, 0.717) is 5.69 Å². The summed E-state index contributed by atoms with van der Waals surface area (Å²) in [5.74, 6) is 0.253. The molecule has 2 rings (SSSR count). The predicted molar refractivity (Wildman–Crippen MR) is 92.3 cm³/mol. The van der Waals surface area contributed by atoms with Crippen molar-refractivity contribution >= 4 is 23.4 Å². The lowest BCUT2D eigenvalue weighted by Crippen LogP contribution is -2.12. The number of carbonyl (C=O) groups is 1. The summed E-state index contributed by atoms with van der Waals surface area (Å²) in [5.41, 5.74) is 3.06. The van der Waals surface area contributed by atoms with Crippen LogP contribution in [0.1, 0.15) is 11.1 Å². The third-order valence-corrected chi connectivity index (χ3v) is 3.23. The summed E-state index contributed by atoms with van der Waals surface area (Å²) in [6.07, 6.45) is 3.49. The zero-order valence-corrected chi connectivity index (χ0v) is 13.4. The summed E-state index contributed by atoms with van der Waals surface area (Å²) in [6, 6.07) is 15.1. The second-order valence-electron chi connectivity index (χ2n) is 4.93. The van der Waals surface area contributed by atoms with Crippen molar-refractivity contribution in [3.8, 4) is 5.75 Å². The summed E-state index contributed by atoms with van der Waals surface area (Å²) < 4.78 is 9.90. The van der Waals surface area contributed by atoms with Gasteiger partial charge in [0.15, 0.2) is 0 Å². The fourth-order valence-corrected chi connectivity index (χ4v) is 1.90. The Morgan fingerprint density at radius 3 is 2.22 bits per heavy atom. The highest BCUT2D eigenvalue weighted by Crippen LogP contribution is 2.18. The van der Waals surface area contributed by atoms with E-state index in [-0.39, 0.29) is 5.71 Å². The molecule has 0 aromatic heterocycles. The molecule has 4 nitrogen and oxygen atoms in total. The van der Waals surface area contributed by atoms with Crippen molar-refractivity contribution < 1.29 is 14.3 Å². The molecule has 2 aromatic rings. The first-order valence-electron chi connectivity index (χ1n) is 7.18. The Hall–Kier alpha value is -2.88. The first-order chi connectivity index (χ1) is 11.1. The standard InChI is InChI=1S/C19H19NO3/c1-14-4-6-15(7-5-14)8-13-18(19(21)23-3)20-16-9-11-17(22-2)12-10-16/h4-13H,1-3H3/b13-8+,20-18?. The normalized spacial score (nSPS) is 11.5. The number of benzene rings is 2. The van der Waals surface area contributed by atoms with Crippen molar-refractivity contribution in [3.63, 3.8) is 0 Å². The molecule has 0 unspecified atom stereocenters. The number of ether oxygens (including phenoxy) is 2. The number of hydrogen-bond donors (Lipinski definition) is 0. The van der Waals surface area contributed by atoms with Crippen molar-refractivity contribution in [1.82, 2.24) is 0 Å². The third kappa shape index (κ3) is 4.81. The van der Waals surface area contributed by atoms with Crippen LogP contribution in [0, 0.1) is 6.92 Å². The SMILES string of the molecule is COC(=O)C(/C=C/c1ccc(C)cc1)=Nc1ccc(OC)cc1. The van der Waals surface area contributed by atoms with Gasteiger partial charge < -0.3 is 9.47 Å². The third-order valence-electron chi connectivity index (χ3n) is 3.23. The van der Waals surface area contributed by atoms with Crippen LogP contribution in [0.2, 0.25) is 0 Å². The van der Waals surface area contributed by atoms with Crippen LogP contribution in [0.25, 0.3) is 6.08 Å². The predicted octanol–water partition coefficient (Wildman–Crippen LogP) is 3.96. The lowest BCUT2D eigenvalue weighted by Gasteiger charge is -2.02. The maximum absolute atomic E-state index is 11.9. The molecule has 4 heteroatoms. The van der Waals surface area contributed by atoms with E-state index in [1.807, 2.05) is 37.3 Å². The van der Waals surface area contributed by atoms with Gasteiger partial charge in [0.25, 0.3) is 0 Å². The highest BCUT2D eigenvalue weighted by atomic mass is 16.5. The monoisotopic (exact) mass is 309 g/mol. The lowest BCUT2D eigenvalue weighted by molar-refractivity contribution is -0.132. The molecule has 0 amide bonds. The second kappa shape index (κ2) is 7.94. The van der Waals surface area contributed by atoms with Crippen LogP contribution in [0.4, 0.5) is 5.69 Å². The Balaban J connectivity index is 2.26.